The molecule has 13 N–H and O–H groups in total. The second-order valence-corrected chi connectivity index (χ2v) is 9.47. The van der Waals surface area contributed by atoms with Crippen molar-refractivity contribution in [2.75, 3.05) is 41.3 Å². The lowest BCUT2D eigenvalue weighted by Crippen LogP contribution is -2.34. The number of benzene rings is 2. The number of hydrogen-bond acceptors (Lipinski definition) is 10. The van der Waals surface area contributed by atoms with E-state index in [9.17, 15) is 0 Å². The highest BCUT2D eigenvalue weighted by Crippen LogP contribution is 2.32. The van der Waals surface area contributed by atoms with Crippen LogP contribution in [0, 0.1) is 0 Å². The Hall–Kier alpha value is -3.22. The monoisotopic (exact) mass is 567 g/mol. The quantitative estimate of drug-likeness (QED) is 0.158. The second kappa shape index (κ2) is 14.8. The van der Waals surface area contributed by atoms with E-state index in [1.54, 1.807) is 0 Å². The van der Waals surface area contributed by atoms with E-state index in [0.29, 0.717) is 5.95 Å². The highest BCUT2D eigenvalue weighted by Gasteiger charge is 2.20. The summed E-state index contributed by atoms with van der Waals surface area (Å²) in [5, 5.41) is 6.06. The van der Waals surface area contributed by atoms with Crippen LogP contribution < -0.4 is 39.7 Å². The Bertz CT molecular complexity index is 1300. The van der Waals surface area contributed by atoms with Gasteiger partial charge >= 0.3 is 0 Å². The molecule has 2 aromatic carbocycles. The van der Waals surface area contributed by atoms with E-state index in [0.717, 1.165) is 50.3 Å². The summed E-state index contributed by atoms with van der Waals surface area (Å²) in [6, 6.07) is 15.2. The van der Waals surface area contributed by atoms with Gasteiger partial charge < -0.3 is 44.3 Å². The second-order valence-electron chi connectivity index (χ2n) is 9.47. The molecule has 0 unspecified atom stereocenters. The van der Waals surface area contributed by atoms with Crippen molar-refractivity contribution in [3.63, 3.8) is 0 Å². The van der Waals surface area contributed by atoms with Crippen molar-refractivity contribution in [1.29, 1.82) is 0 Å². The van der Waals surface area contributed by atoms with Gasteiger partial charge in [-0.15, -0.1) is 12.4 Å². The van der Waals surface area contributed by atoms with Gasteiger partial charge in [-0.05, 0) is 69.7 Å². The summed E-state index contributed by atoms with van der Waals surface area (Å²) in [7, 11) is 0. The van der Waals surface area contributed by atoms with Gasteiger partial charge in [-0.2, -0.15) is 15.0 Å². The largest absolute Gasteiger partial charge is 0.344 e. The molecular formula is C27H54ClN11. The van der Waals surface area contributed by atoms with Gasteiger partial charge in [0.05, 0.1) is 0 Å². The third kappa shape index (κ3) is 6.68. The van der Waals surface area contributed by atoms with Gasteiger partial charge in [-0.1, -0.05) is 18.2 Å². The molecular weight excluding hydrogens is 514 g/mol. The van der Waals surface area contributed by atoms with E-state index < -0.39 is 0 Å². The molecule has 2 aromatic heterocycles. The van der Waals surface area contributed by atoms with E-state index in [-0.39, 0.29) is 42.7 Å². The standard InChI is InChI=1S/C27H33N7.ClH.4H3N.4H2/c1-2-34-23-12-6-5-11-21(23)22-19-20(13-14-24(22)34)28-25-29-26(32-15-7-3-8-16-32)31-27(30-25)33-17-9-4-10-18-33;;;;;;;;;/h5-6,11-14,19H,2-4,7-10,15-18H2,1H3,(H,28,29,30,31);1H;4*1H3;4*1H. The van der Waals surface area contributed by atoms with Gasteiger partial charge in [-0.3, -0.25) is 0 Å². The molecule has 39 heavy (non-hydrogen) atoms. The molecule has 6 rings (SSSR count). The fraction of sp³-hybridized carbons (Fsp3) is 0.444. The Balaban J connectivity index is -0.000000845. The first-order valence-electron chi connectivity index (χ1n) is 12.8. The first kappa shape index (κ1) is 33.8. The molecule has 2 aliphatic heterocycles. The number of aryl methyl sites for hydroxylation is 1. The van der Waals surface area contributed by atoms with Crippen LogP contribution in [0.5, 0.6) is 0 Å². The van der Waals surface area contributed by atoms with Crippen LogP contribution >= 0.6 is 12.4 Å². The number of halogens is 1. The molecule has 0 saturated carbocycles. The zero-order valence-corrected chi connectivity index (χ0v) is 24.1. The lowest BCUT2D eigenvalue weighted by Gasteiger charge is -2.30. The molecule has 0 bridgehead atoms. The maximum absolute atomic E-state index is 4.91. The van der Waals surface area contributed by atoms with Gasteiger partial charge in [0.2, 0.25) is 17.8 Å². The normalized spacial score (nSPS) is 14.8. The number of piperidine rings is 2. The van der Waals surface area contributed by atoms with Gasteiger partial charge in [-0.25, -0.2) is 0 Å². The summed E-state index contributed by atoms with van der Waals surface area (Å²) < 4.78 is 2.38. The lowest BCUT2D eigenvalue weighted by molar-refractivity contribution is 0.556. The average Bonchev–Trinajstić information content (AvgIpc) is 3.22. The van der Waals surface area contributed by atoms with Gasteiger partial charge in [0.1, 0.15) is 0 Å². The number of nitrogens with zero attached hydrogens (tertiary/aromatic N) is 6. The van der Waals surface area contributed by atoms with Crippen LogP contribution in [0.2, 0.25) is 0 Å². The minimum Gasteiger partial charge on any atom is -0.344 e. The topological polar surface area (TPSA) is 202 Å². The third-order valence-electron chi connectivity index (χ3n) is 7.23. The zero-order valence-electron chi connectivity index (χ0n) is 23.2. The molecule has 12 heteroatoms. The molecule has 224 valence electrons. The fourth-order valence-electron chi connectivity index (χ4n) is 5.48. The van der Waals surface area contributed by atoms with Crippen molar-refractivity contribution in [1.82, 2.24) is 44.1 Å². The number of rotatable bonds is 5. The number of aromatic nitrogens is 4. The molecule has 0 radical (unpaired) electrons. The first-order chi connectivity index (χ1) is 16.8. The van der Waals surface area contributed by atoms with E-state index in [1.807, 2.05) is 0 Å². The van der Waals surface area contributed by atoms with Crippen molar-refractivity contribution in [2.24, 2.45) is 0 Å². The molecule has 2 saturated heterocycles. The van der Waals surface area contributed by atoms with Crippen LogP contribution in [0.4, 0.5) is 23.5 Å². The molecule has 0 amide bonds. The van der Waals surface area contributed by atoms with E-state index in [1.165, 1.54) is 60.3 Å². The Morgan fingerprint density at radius 2 is 1.23 bits per heavy atom. The van der Waals surface area contributed by atoms with Crippen molar-refractivity contribution in [3.05, 3.63) is 42.5 Å². The molecule has 0 atom stereocenters. The molecule has 4 aromatic rings. The lowest BCUT2D eigenvalue weighted by atomic mass is 10.1. The van der Waals surface area contributed by atoms with Crippen molar-refractivity contribution in [2.45, 2.75) is 52.0 Å². The highest BCUT2D eigenvalue weighted by molar-refractivity contribution is 6.09. The van der Waals surface area contributed by atoms with Crippen molar-refractivity contribution in [3.8, 4) is 0 Å². The molecule has 0 aliphatic carbocycles. The van der Waals surface area contributed by atoms with Crippen LogP contribution in [0.25, 0.3) is 21.8 Å². The number of anilines is 4. The minimum absolute atomic E-state index is 0. The number of hydrogen-bond donors (Lipinski definition) is 5. The highest BCUT2D eigenvalue weighted by atomic mass is 35.5. The van der Waals surface area contributed by atoms with E-state index >= 15 is 0 Å². The summed E-state index contributed by atoms with van der Waals surface area (Å²) in [5.41, 5.74) is 3.54. The average molecular weight is 568 g/mol. The van der Waals surface area contributed by atoms with Crippen LogP contribution in [0.15, 0.2) is 42.5 Å². The number of nitrogens with one attached hydrogen (secondary N) is 1. The van der Waals surface area contributed by atoms with Crippen LogP contribution in [0.3, 0.4) is 0 Å². The molecule has 0 spiro atoms. The number of fused-ring (bicyclic) bond motifs is 3. The van der Waals surface area contributed by atoms with Crippen molar-refractivity contribution < 1.29 is 5.71 Å². The predicted octanol–water partition coefficient (Wildman–Crippen LogP) is 7.78. The fourth-order valence-corrected chi connectivity index (χ4v) is 5.48. The summed E-state index contributed by atoms with van der Waals surface area (Å²) in [4.78, 5) is 19.3. The summed E-state index contributed by atoms with van der Waals surface area (Å²) in [6.45, 7) is 7.23. The van der Waals surface area contributed by atoms with Gasteiger partial charge in [0.15, 0.2) is 0 Å². The summed E-state index contributed by atoms with van der Waals surface area (Å²) >= 11 is 0. The molecule has 4 heterocycles. The Morgan fingerprint density at radius 1 is 0.692 bits per heavy atom. The van der Waals surface area contributed by atoms with E-state index in [2.05, 4.69) is 69.1 Å². The minimum atomic E-state index is 0. The van der Waals surface area contributed by atoms with Crippen LogP contribution in [-0.2, 0) is 6.54 Å². The molecule has 2 aliphatic rings. The predicted molar refractivity (Wildman–Crippen MR) is 176 cm³/mol. The summed E-state index contributed by atoms with van der Waals surface area (Å²) in [6.07, 6.45) is 7.38. The maximum Gasteiger partial charge on any atom is 0.233 e. The SMILES string of the molecule is CCn1c2ccccc2c2cc(Nc3nc(N4CCCCC4)nc(N4CCCCC4)n3)ccc21.Cl.N.N.N.N.[HH].[HH].[HH].[HH]. The number of para-hydroxylation sites is 1. The Kier molecular flexibility index (Phi) is 12.8. The van der Waals surface area contributed by atoms with Crippen molar-refractivity contribution >= 4 is 57.7 Å². The van der Waals surface area contributed by atoms with Gasteiger partial charge in [0, 0.05) is 65.9 Å². The molecule has 2 fully saturated rings. The van der Waals surface area contributed by atoms with Crippen LogP contribution in [-0.4, -0.2) is 45.7 Å². The molecule has 11 nitrogen and oxygen atoms in total. The Morgan fingerprint density at radius 3 is 1.79 bits per heavy atom. The summed E-state index contributed by atoms with van der Waals surface area (Å²) in [5.74, 6) is 2.25. The third-order valence-corrected chi connectivity index (χ3v) is 7.23. The van der Waals surface area contributed by atoms with E-state index in [4.69, 9.17) is 15.0 Å². The van der Waals surface area contributed by atoms with Gasteiger partial charge in [0.25, 0.3) is 0 Å². The van der Waals surface area contributed by atoms with Crippen LogP contribution in [0.1, 0.15) is 51.2 Å². The Labute approximate surface area is 243 Å². The maximum atomic E-state index is 4.91. The zero-order chi connectivity index (χ0) is 22.9. The smallest absolute Gasteiger partial charge is 0.233 e. The first-order valence-corrected chi connectivity index (χ1v) is 12.8.